The van der Waals surface area contributed by atoms with E-state index >= 15 is 0 Å². The Balaban J connectivity index is 1.38. The second kappa shape index (κ2) is 9.92. The zero-order chi connectivity index (χ0) is 26.1. The van der Waals surface area contributed by atoms with E-state index in [0.717, 1.165) is 48.6 Å². The van der Waals surface area contributed by atoms with Crippen LogP contribution in [0.1, 0.15) is 49.3 Å². The van der Waals surface area contributed by atoms with Crippen molar-refractivity contribution in [2.45, 2.75) is 50.9 Å². The monoisotopic (exact) mass is 517 g/mol. The number of benzene rings is 2. The fourth-order valence-electron chi connectivity index (χ4n) is 5.09. The first kappa shape index (κ1) is 24.1. The molecule has 6 rings (SSSR count). The predicted octanol–water partition coefficient (Wildman–Crippen LogP) is 7.25. The van der Waals surface area contributed by atoms with Crippen LogP contribution in [0.4, 0.5) is 30.8 Å². The maximum atomic E-state index is 13.2. The number of pyridine rings is 1. The van der Waals surface area contributed by atoms with Crippen LogP contribution in [0.25, 0.3) is 21.9 Å². The average Bonchev–Trinajstić information content (AvgIpc) is 3.36. The van der Waals surface area contributed by atoms with Gasteiger partial charge in [-0.25, -0.2) is 9.97 Å². The molecule has 1 fully saturated rings. The summed E-state index contributed by atoms with van der Waals surface area (Å²) in [6.45, 7) is 0.151. The van der Waals surface area contributed by atoms with E-state index < -0.39 is 11.7 Å². The van der Waals surface area contributed by atoms with Crippen molar-refractivity contribution in [3.63, 3.8) is 0 Å². The minimum absolute atomic E-state index is 0.151. The van der Waals surface area contributed by atoms with Crippen molar-refractivity contribution in [2.75, 3.05) is 10.6 Å². The molecule has 38 heavy (non-hydrogen) atoms. The molecule has 194 valence electrons. The van der Waals surface area contributed by atoms with Crippen molar-refractivity contribution in [1.29, 1.82) is 0 Å². The van der Waals surface area contributed by atoms with Gasteiger partial charge in [-0.1, -0.05) is 55.7 Å². The van der Waals surface area contributed by atoms with Gasteiger partial charge in [-0.15, -0.1) is 0 Å². The molecule has 0 atom stereocenters. The first-order chi connectivity index (χ1) is 18.5. The highest BCUT2D eigenvalue weighted by Crippen LogP contribution is 2.33. The molecule has 0 bridgehead atoms. The van der Waals surface area contributed by atoms with Crippen molar-refractivity contribution >= 4 is 39.5 Å². The highest BCUT2D eigenvalue weighted by Gasteiger charge is 2.30. The lowest BCUT2D eigenvalue weighted by atomic mass is 9.95. The molecule has 7 nitrogen and oxygen atoms in total. The van der Waals surface area contributed by atoms with Crippen LogP contribution in [0, 0.1) is 0 Å². The Morgan fingerprint density at radius 2 is 1.74 bits per heavy atom. The molecule has 1 saturated carbocycles. The minimum atomic E-state index is -4.40. The van der Waals surface area contributed by atoms with Gasteiger partial charge >= 0.3 is 6.18 Å². The van der Waals surface area contributed by atoms with Crippen LogP contribution in [0.3, 0.4) is 0 Å². The highest BCUT2D eigenvalue weighted by molar-refractivity contribution is 5.93. The van der Waals surface area contributed by atoms with E-state index in [9.17, 15) is 13.2 Å². The van der Waals surface area contributed by atoms with Crippen LogP contribution in [-0.4, -0.2) is 24.5 Å². The van der Waals surface area contributed by atoms with Crippen molar-refractivity contribution in [3.8, 4) is 0 Å². The SMILES string of the molecule is FC(F)(F)c1cccc(CNc2nc(Nc3nccc4ccccc34)nc3c2ncn3C2CCCCC2)c1. The number of anilines is 3. The zero-order valence-corrected chi connectivity index (χ0v) is 20.5. The quantitative estimate of drug-likeness (QED) is 0.247. The van der Waals surface area contributed by atoms with E-state index in [4.69, 9.17) is 4.98 Å². The number of nitrogens with zero attached hydrogens (tertiary/aromatic N) is 5. The van der Waals surface area contributed by atoms with Crippen molar-refractivity contribution in [1.82, 2.24) is 24.5 Å². The lowest BCUT2D eigenvalue weighted by Crippen LogP contribution is -2.13. The number of hydrogen-bond acceptors (Lipinski definition) is 6. The standard InChI is InChI=1S/C28H26F3N7/c29-28(30,31)20-9-6-7-18(15-20)16-33-25-23-26(38(17-34-23)21-10-2-1-3-11-21)37-27(36-25)35-24-22-12-5-4-8-19(22)13-14-32-24/h4-9,12-15,17,21H,1-3,10-11,16H2,(H2,32,33,35,36,37). The molecule has 0 unspecified atom stereocenters. The van der Waals surface area contributed by atoms with Crippen molar-refractivity contribution < 1.29 is 13.2 Å². The molecule has 0 saturated heterocycles. The third kappa shape index (κ3) is 4.85. The van der Waals surface area contributed by atoms with Gasteiger partial charge < -0.3 is 15.2 Å². The van der Waals surface area contributed by atoms with E-state index in [2.05, 4.69) is 30.2 Å². The molecule has 0 aliphatic heterocycles. The van der Waals surface area contributed by atoms with Gasteiger partial charge in [0.25, 0.3) is 0 Å². The Kier molecular flexibility index (Phi) is 6.30. The first-order valence-electron chi connectivity index (χ1n) is 12.7. The van der Waals surface area contributed by atoms with Gasteiger partial charge in [0, 0.05) is 24.2 Å². The second-order valence-electron chi connectivity index (χ2n) is 9.57. The Hall–Kier alpha value is -4.21. The molecule has 1 aliphatic carbocycles. The lowest BCUT2D eigenvalue weighted by Gasteiger charge is -2.23. The van der Waals surface area contributed by atoms with Crippen LogP contribution < -0.4 is 10.6 Å². The van der Waals surface area contributed by atoms with Gasteiger partial charge in [0.2, 0.25) is 5.95 Å². The van der Waals surface area contributed by atoms with Crippen molar-refractivity contribution in [3.05, 3.63) is 78.2 Å². The Morgan fingerprint density at radius 1 is 0.895 bits per heavy atom. The van der Waals surface area contributed by atoms with Gasteiger partial charge in [-0.3, -0.25) is 0 Å². The van der Waals surface area contributed by atoms with Gasteiger partial charge in [-0.05, 0) is 42.0 Å². The Morgan fingerprint density at radius 3 is 2.58 bits per heavy atom. The predicted molar refractivity (Wildman–Crippen MR) is 141 cm³/mol. The molecule has 2 aromatic carbocycles. The summed E-state index contributed by atoms with van der Waals surface area (Å²) in [4.78, 5) is 18.6. The summed E-state index contributed by atoms with van der Waals surface area (Å²) in [5, 5.41) is 8.43. The number of nitrogens with one attached hydrogen (secondary N) is 2. The molecule has 2 N–H and O–H groups in total. The summed E-state index contributed by atoms with van der Waals surface area (Å²) in [5.41, 5.74) is 1.07. The summed E-state index contributed by atoms with van der Waals surface area (Å²) in [7, 11) is 0. The van der Waals surface area contributed by atoms with Gasteiger partial charge in [0.15, 0.2) is 17.0 Å². The number of alkyl halides is 3. The lowest BCUT2D eigenvalue weighted by molar-refractivity contribution is -0.137. The topological polar surface area (TPSA) is 80.6 Å². The van der Waals surface area contributed by atoms with Crippen LogP contribution in [-0.2, 0) is 12.7 Å². The van der Waals surface area contributed by atoms with Gasteiger partial charge in [0.1, 0.15) is 5.82 Å². The van der Waals surface area contributed by atoms with Crippen LogP contribution in [0.5, 0.6) is 0 Å². The smallest absolute Gasteiger partial charge is 0.364 e. The van der Waals surface area contributed by atoms with E-state index in [1.165, 1.54) is 12.5 Å². The maximum Gasteiger partial charge on any atom is 0.416 e. The molecular weight excluding hydrogens is 491 g/mol. The number of imidazole rings is 1. The molecule has 1 aliphatic rings. The minimum Gasteiger partial charge on any atom is -0.364 e. The number of halogens is 3. The van der Waals surface area contributed by atoms with Crippen LogP contribution in [0.2, 0.25) is 0 Å². The van der Waals surface area contributed by atoms with E-state index in [-0.39, 0.29) is 6.54 Å². The largest absolute Gasteiger partial charge is 0.416 e. The summed E-state index contributed by atoms with van der Waals surface area (Å²) < 4.78 is 41.8. The summed E-state index contributed by atoms with van der Waals surface area (Å²) in [6, 6.07) is 15.4. The fourth-order valence-corrected chi connectivity index (χ4v) is 5.09. The van der Waals surface area contributed by atoms with E-state index in [0.29, 0.717) is 40.4 Å². The number of rotatable bonds is 6. The molecule has 0 spiro atoms. The zero-order valence-electron chi connectivity index (χ0n) is 20.5. The molecule has 3 aromatic heterocycles. The number of hydrogen-bond donors (Lipinski definition) is 2. The Bertz CT molecular complexity index is 1580. The third-order valence-electron chi connectivity index (χ3n) is 7.01. The van der Waals surface area contributed by atoms with Gasteiger partial charge in [-0.2, -0.15) is 23.1 Å². The number of aromatic nitrogens is 5. The molecule has 0 radical (unpaired) electrons. The molecule has 0 amide bonds. The van der Waals surface area contributed by atoms with E-state index in [1.807, 2.05) is 30.3 Å². The second-order valence-corrected chi connectivity index (χ2v) is 9.57. The van der Waals surface area contributed by atoms with Gasteiger partial charge in [0.05, 0.1) is 11.9 Å². The first-order valence-corrected chi connectivity index (χ1v) is 12.7. The summed E-state index contributed by atoms with van der Waals surface area (Å²) in [6.07, 6.45) is 4.75. The summed E-state index contributed by atoms with van der Waals surface area (Å²) >= 11 is 0. The fraction of sp³-hybridized carbons (Fsp3) is 0.286. The maximum absolute atomic E-state index is 13.2. The Labute approximate surface area is 217 Å². The average molecular weight is 518 g/mol. The molecule has 5 aromatic rings. The number of fused-ring (bicyclic) bond motifs is 2. The summed E-state index contributed by atoms with van der Waals surface area (Å²) in [5.74, 6) is 1.41. The molecule has 10 heteroatoms. The van der Waals surface area contributed by atoms with E-state index in [1.54, 1.807) is 18.6 Å². The normalized spacial score (nSPS) is 14.7. The molecule has 3 heterocycles. The third-order valence-corrected chi connectivity index (χ3v) is 7.01. The highest BCUT2D eigenvalue weighted by atomic mass is 19.4. The van der Waals surface area contributed by atoms with Crippen LogP contribution >= 0.6 is 0 Å². The molecular formula is C28H26F3N7. The van der Waals surface area contributed by atoms with Crippen molar-refractivity contribution in [2.24, 2.45) is 0 Å². The van der Waals surface area contributed by atoms with Crippen LogP contribution in [0.15, 0.2) is 67.1 Å².